The number of ether oxygens (including phenoxy) is 1. The number of hydrogen-bond acceptors (Lipinski definition) is 5. The van der Waals surface area contributed by atoms with Crippen LogP contribution in [0.5, 0.6) is 0 Å². The lowest BCUT2D eigenvalue weighted by molar-refractivity contribution is 0.0601. The van der Waals surface area contributed by atoms with Gasteiger partial charge in [-0.05, 0) is 38.5 Å². The highest BCUT2D eigenvalue weighted by Crippen LogP contribution is 2.19. The second-order valence-corrected chi connectivity index (χ2v) is 4.81. The molecule has 1 N–H and O–H groups in total. The molecule has 1 atom stereocenters. The Labute approximate surface area is 118 Å². The first kappa shape index (κ1) is 14.2. The maximum absolute atomic E-state index is 11.5. The van der Waals surface area contributed by atoms with Crippen molar-refractivity contribution in [3.8, 4) is 0 Å². The number of fused-ring (bicyclic) bond motifs is 1. The standard InChI is InChI=1S/C15H19N3O2/c1-5-9(2)16-14-10(3)17-12-7-6-11(15(19)20-4)8-13(12)18-14/h6-9H,5H2,1-4H3,(H,16,18)/t9-/m0/s1. The Morgan fingerprint density at radius 1 is 1.35 bits per heavy atom. The van der Waals surface area contributed by atoms with Gasteiger partial charge in [-0.1, -0.05) is 6.92 Å². The van der Waals surface area contributed by atoms with Crippen molar-refractivity contribution in [1.82, 2.24) is 9.97 Å². The van der Waals surface area contributed by atoms with Gasteiger partial charge >= 0.3 is 5.97 Å². The monoisotopic (exact) mass is 273 g/mol. The van der Waals surface area contributed by atoms with Crippen molar-refractivity contribution in [1.29, 1.82) is 0 Å². The molecule has 5 nitrogen and oxygen atoms in total. The second-order valence-electron chi connectivity index (χ2n) is 4.81. The Morgan fingerprint density at radius 2 is 2.10 bits per heavy atom. The zero-order valence-corrected chi connectivity index (χ0v) is 12.2. The van der Waals surface area contributed by atoms with E-state index in [0.29, 0.717) is 17.1 Å². The number of carbonyl (C=O) groups excluding carboxylic acids is 1. The fourth-order valence-electron chi connectivity index (χ4n) is 1.86. The molecule has 0 saturated carbocycles. The van der Waals surface area contributed by atoms with Crippen LogP contribution < -0.4 is 5.32 Å². The number of nitrogens with zero attached hydrogens (tertiary/aromatic N) is 2. The summed E-state index contributed by atoms with van der Waals surface area (Å²) in [6.07, 6.45) is 1.00. The van der Waals surface area contributed by atoms with Gasteiger partial charge in [0, 0.05) is 6.04 Å². The second kappa shape index (κ2) is 5.86. The van der Waals surface area contributed by atoms with Crippen LogP contribution in [-0.2, 0) is 4.74 Å². The summed E-state index contributed by atoms with van der Waals surface area (Å²) >= 11 is 0. The molecule has 20 heavy (non-hydrogen) atoms. The van der Waals surface area contributed by atoms with Crippen molar-refractivity contribution in [2.45, 2.75) is 33.2 Å². The van der Waals surface area contributed by atoms with E-state index in [4.69, 9.17) is 4.74 Å². The van der Waals surface area contributed by atoms with Crippen LogP contribution in [0.3, 0.4) is 0 Å². The minimum absolute atomic E-state index is 0.323. The Bertz CT molecular complexity index is 640. The number of methoxy groups -OCH3 is 1. The third kappa shape index (κ3) is 2.87. The van der Waals surface area contributed by atoms with Gasteiger partial charge in [0.1, 0.15) is 5.82 Å². The lowest BCUT2D eigenvalue weighted by atomic mass is 10.2. The van der Waals surface area contributed by atoms with Gasteiger partial charge in [0.25, 0.3) is 0 Å². The van der Waals surface area contributed by atoms with Crippen molar-refractivity contribution in [3.05, 3.63) is 29.5 Å². The van der Waals surface area contributed by atoms with Crippen LogP contribution in [0.4, 0.5) is 5.82 Å². The van der Waals surface area contributed by atoms with Crippen molar-refractivity contribution in [2.24, 2.45) is 0 Å². The fraction of sp³-hybridized carbons (Fsp3) is 0.400. The number of rotatable bonds is 4. The molecule has 0 aliphatic rings. The predicted molar refractivity (Wildman–Crippen MR) is 79.0 cm³/mol. The summed E-state index contributed by atoms with van der Waals surface area (Å²) in [6.45, 7) is 6.12. The first-order valence-electron chi connectivity index (χ1n) is 6.68. The number of aryl methyl sites for hydroxylation is 1. The molecule has 0 bridgehead atoms. The van der Waals surface area contributed by atoms with E-state index >= 15 is 0 Å². The Morgan fingerprint density at radius 3 is 2.75 bits per heavy atom. The molecule has 0 spiro atoms. The van der Waals surface area contributed by atoms with E-state index in [1.165, 1.54) is 7.11 Å². The smallest absolute Gasteiger partial charge is 0.337 e. The summed E-state index contributed by atoms with van der Waals surface area (Å²) in [7, 11) is 1.36. The normalized spacial score (nSPS) is 12.2. The molecule has 0 radical (unpaired) electrons. The van der Waals surface area contributed by atoms with E-state index in [9.17, 15) is 4.79 Å². The lowest BCUT2D eigenvalue weighted by Gasteiger charge is -2.14. The Balaban J connectivity index is 2.46. The zero-order chi connectivity index (χ0) is 14.7. The molecule has 2 rings (SSSR count). The predicted octanol–water partition coefficient (Wildman–Crippen LogP) is 2.94. The van der Waals surface area contributed by atoms with E-state index < -0.39 is 0 Å². The maximum Gasteiger partial charge on any atom is 0.337 e. The number of esters is 1. The summed E-state index contributed by atoms with van der Waals surface area (Å²) in [5.74, 6) is 0.388. The van der Waals surface area contributed by atoms with E-state index in [0.717, 1.165) is 23.4 Å². The van der Waals surface area contributed by atoms with Gasteiger partial charge in [-0.2, -0.15) is 0 Å². The highest BCUT2D eigenvalue weighted by molar-refractivity contribution is 5.93. The number of aromatic nitrogens is 2. The van der Waals surface area contributed by atoms with Crippen LogP contribution in [0.1, 0.15) is 36.3 Å². The molecule has 0 unspecified atom stereocenters. The number of carbonyl (C=O) groups is 1. The molecule has 0 aliphatic carbocycles. The minimum atomic E-state index is -0.370. The molecule has 2 aromatic rings. The van der Waals surface area contributed by atoms with E-state index in [1.54, 1.807) is 18.2 Å². The molecule has 0 amide bonds. The maximum atomic E-state index is 11.5. The third-order valence-corrected chi connectivity index (χ3v) is 3.26. The fourth-order valence-corrected chi connectivity index (χ4v) is 1.86. The molecule has 0 aliphatic heterocycles. The van der Waals surface area contributed by atoms with Crippen LogP contribution in [0.2, 0.25) is 0 Å². The average molecular weight is 273 g/mol. The molecular weight excluding hydrogens is 254 g/mol. The van der Waals surface area contributed by atoms with Crippen LogP contribution >= 0.6 is 0 Å². The van der Waals surface area contributed by atoms with Crippen LogP contribution in [0, 0.1) is 6.92 Å². The number of hydrogen-bond donors (Lipinski definition) is 1. The van der Waals surface area contributed by atoms with Crippen molar-refractivity contribution >= 4 is 22.8 Å². The van der Waals surface area contributed by atoms with Crippen molar-refractivity contribution in [2.75, 3.05) is 12.4 Å². The molecule has 0 saturated heterocycles. The third-order valence-electron chi connectivity index (χ3n) is 3.26. The molecule has 1 aromatic heterocycles. The van der Waals surface area contributed by atoms with Gasteiger partial charge in [-0.3, -0.25) is 0 Å². The zero-order valence-electron chi connectivity index (χ0n) is 12.2. The van der Waals surface area contributed by atoms with Crippen molar-refractivity contribution < 1.29 is 9.53 Å². The van der Waals surface area contributed by atoms with Gasteiger partial charge in [0.2, 0.25) is 0 Å². The number of benzene rings is 1. The number of anilines is 1. The first-order valence-corrected chi connectivity index (χ1v) is 6.68. The Hall–Kier alpha value is -2.17. The van der Waals surface area contributed by atoms with Gasteiger partial charge in [-0.15, -0.1) is 0 Å². The Kier molecular flexibility index (Phi) is 4.17. The van der Waals surface area contributed by atoms with Crippen molar-refractivity contribution in [3.63, 3.8) is 0 Å². The lowest BCUT2D eigenvalue weighted by Crippen LogP contribution is -2.16. The number of nitrogens with one attached hydrogen (secondary N) is 1. The van der Waals surface area contributed by atoms with Gasteiger partial charge in [0.05, 0.1) is 29.4 Å². The minimum Gasteiger partial charge on any atom is -0.465 e. The van der Waals surface area contributed by atoms with E-state index in [1.807, 2.05) is 6.92 Å². The quantitative estimate of drug-likeness (QED) is 0.868. The largest absolute Gasteiger partial charge is 0.465 e. The average Bonchev–Trinajstić information content (AvgIpc) is 2.46. The van der Waals surface area contributed by atoms with E-state index in [-0.39, 0.29) is 5.97 Å². The summed E-state index contributed by atoms with van der Waals surface area (Å²) < 4.78 is 4.72. The van der Waals surface area contributed by atoms with Crippen LogP contribution in [0.15, 0.2) is 18.2 Å². The molecule has 1 aromatic carbocycles. The highest BCUT2D eigenvalue weighted by atomic mass is 16.5. The van der Waals surface area contributed by atoms with Gasteiger partial charge in [-0.25, -0.2) is 14.8 Å². The summed E-state index contributed by atoms with van der Waals surface area (Å²) in [5.41, 5.74) is 2.78. The topological polar surface area (TPSA) is 64.1 Å². The highest BCUT2D eigenvalue weighted by Gasteiger charge is 2.10. The SMILES string of the molecule is CC[C@H](C)Nc1nc2cc(C(=O)OC)ccc2nc1C. The summed E-state index contributed by atoms with van der Waals surface area (Å²) in [5, 5.41) is 3.32. The van der Waals surface area contributed by atoms with Gasteiger partial charge < -0.3 is 10.1 Å². The molecule has 1 heterocycles. The summed E-state index contributed by atoms with van der Waals surface area (Å²) in [6, 6.07) is 5.51. The molecule has 106 valence electrons. The molecule has 0 fully saturated rings. The molecule has 5 heteroatoms. The first-order chi connectivity index (χ1) is 9.55. The van der Waals surface area contributed by atoms with Crippen LogP contribution in [-0.4, -0.2) is 29.1 Å². The summed E-state index contributed by atoms with van der Waals surface area (Å²) in [4.78, 5) is 20.6. The van der Waals surface area contributed by atoms with E-state index in [2.05, 4.69) is 29.1 Å². The van der Waals surface area contributed by atoms with Crippen LogP contribution in [0.25, 0.3) is 11.0 Å². The van der Waals surface area contributed by atoms with Gasteiger partial charge in [0.15, 0.2) is 0 Å². The molecular formula is C15H19N3O2.